The number of halogens is 1. The van der Waals surface area contributed by atoms with Crippen molar-refractivity contribution in [3.8, 4) is 0 Å². The molecule has 0 saturated heterocycles. The summed E-state index contributed by atoms with van der Waals surface area (Å²) in [6.07, 6.45) is 5.94. The molecule has 0 aromatic carbocycles. The molecule has 0 N–H and O–H groups in total. The van der Waals surface area contributed by atoms with Crippen LogP contribution in [-0.4, -0.2) is 36.9 Å². The minimum Gasteiger partial charge on any atom is -0.330 e. The zero-order chi connectivity index (χ0) is 16.0. The molecule has 7 heteroatoms. The van der Waals surface area contributed by atoms with Gasteiger partial charge in [0.05, 0.1) is 17.3 Å². The third-order valence-electron chi connectivity index (χ3n) is 4.24. The normalized spacial score (nSPS) is 17.3. The molecule has 4 rings (SSSR count). The number of carbonyl (C=O) groups is 1. The van der Waals surface area contributed by atoms with Crippen LogP contribution < -0.4 is 0 Å². The van der Waals surface area contributed by atoms with E-state index in [0.29, 0.717) is 12.2 Å². The second-order valence-electron chi connectivity index (χ2n) is 5.60. The molecular weight excluding hydrogens is 358 g/mol. The number of pyridine rings is 1. The van der Waals surface area contributed by atoms with Gasteiger partial charge in [-0.3, -0.25) is 4.79 Å². The van der Waals surface area contributed by atoms with Crippen LogP contribution in [0.15, 0.2) is 41.4 Å². The highest BCUT2D eigenvalue weighted by Crippen LogP contribution is 2.28. The minimum atomic E-state index is -0.0631. The topological polar surface area (TPSA) is 63.4 Å². The molecule has 3 aromatic rings. The SMILES string of the molecule is CC1c2cncnc2CCN1C(=O)c1cc2ccc(Br)cn2n1. The van der Waals surface area contributed by atoms with Gasteiger partial charge < -0.3 is 4.90 Å². The number of rotatable bonds is 1. The van der Waals surface area contributed by atoms with Gasteiger partial charge >= 0.3 is 0 Å². The van der Waals surface area contributed by atoms with E-state index in [4.69, 9.17) is 0 Å². The number of hydrogen-bond acceptors (Lipinski definition) is 4. The summed E-state index contributed by atoms with van der Waals surface area (Å²) in [7, 11) is 0. The molecule has 6 nitrogen and oxygen atoms in total. The van der Waals surface area contributed by atoms with Crippen LogP contribution in [0.1, 0.15) is 34.7 Å². The Balaban J connectivity index is 1.68. The van der Waals surface area contributed by atoms with Crippen LogP contribution in [0.5, 0.6) is 0 Å². The molecule has 3 aromatic heterocycles. The van der Waals surface area contributed by atoms with Gasteiger partial charge in [0.25, 0.3) is 5.91 Å². The highest BCUT2D eigenvalue weighted by atomic mass is 79.9. The van der Waals surface area contributed by atoms with Crippen LogP contribution in [0, 0.1) is 0 Å². The van der Waals surface area contributed by atoms with Gasteiger partial charge in [-0.25, -0.2) is 14.5 Å². The van der Waals surface area contributed by atoms with Gasteiger partial charge in [-0.1, -0.05) is 0 Å². The predicted octanol–water partition coefficient (Wildman–Crippen LogP) is 2.65. The second kappa shape index (κ2) is 5.42. The van der Waals surface area contributed by atoms with Crippen LogP contribution in [0.4, 0.5) is 0 Å². The molecular formula is C16H14BrN5O. The van der Waals surface area contributed by atoms with Gasteiger partial charge in [0.2, 0.25) is 0 Å². The van der Waals surface area contributed by atoms with E-state index >= 15 is 0 Å². The summed E-state index contributed by atoms with van der Waals surface area (Å²) in [5, 5.41) is 4.40. The Morgan fingerprint density at radius 1 is 1.39 bits per heavy atom. The molecule has 1 amide bonds. The van der Waals surface area contributed by atoms with Crippen molar-refractivity contribution in [1.82, 2.24) is 24.5 Å². The van der Waals surface area contributed by atoms with Crippen LogP contribution in [0.3, 0.4) is 0 Å². The van der Waals surface area contributed by atoms with Gasteiger partial charge in [0.15, 0.2) is 5.69 Å². The van der Waals surface area contributed by atoms with Crippen molar-refractivity contribution in [2.75, 3.05) is 6.54 Å². The standard InChI is InChI=1S/C16H14BrN5O/c1-10-13-7-18-9-19-14(13)4-5-21(10)16(23)15-6-12-3-2-11(17)8-22(12)20-15/h2-3,6-10H,4-5H2,1H3. The first-order valence-electron chi connectivity index (χ1n) is 7.38. The number of aromatic nitrogens is 4. The lowest BCUT2D eigenvalue weighted by molar-refractivity contribution is 0.0669. The summed E-state index contributed by atoms with van der Waals surface area (Å²) in [5.74, 6) is -0.0631. The summed E-state index contributed by atoms with van der Waals surface area (Å²) in [6.45, 7) is 2.65. The van der Waals surface area contributed by atoms with Gasteiger partial charge in [-0.2, -0.15) is 5.10 Å². The van der Waals surface area contributed by atoms with Crippen molar-refractivity contribution in [1.29, 1.82) is 0 Å². The zero-order valence-electron chi connectivity index (χ0n) is 12.5. The monoisotopic (exact) mass is 371 g/mol. The molecule has 116 valence electrons. The first-order chi connectivity index (χ1) is 11.1. The quantitative estimate of drug-likeness (QED) is 0.659. The largest absolute Gasteiger partial charge is 0.330 e. The summed E-state index contributed by atoms with van der Waals surface area (Å²) in [4.78, 5) is 23.1. The lowest BCUT2D eigenvalue weighted by Gasteiger charge is -2.33. The number of amides is 1. The Morgan fingerprint density at radius 2 is 2.26 bits per heavy atom. The lowest BCUT2D eigenvalue weighted by Crippen LogP contribution is -2.39. The van der Waals surface area contributed by atoms with Crippen molar-refractivity contribution < 1.29 is 4.79 Å². The van der Waals surface area contributed by atoms with E-state index in [1.165, 1.54) is 0 Å². The molecule has 0 bridgehead atoms. The van der Waals surface area contributed by atoms with Crippen LogP contribution in [-0.2, 0) is 6.42 Å². The molecule has 0 saturated carbocycles. The maximum Gasteiger partial charge on any atom is 0.274 e. The molecule has 1 aliphatic heterocycles. The number of nitrogens with zero attached hydrogens (tertiary/aromatic N) is 5. The van der Waals surface area contributed by atoms with E-state index in [1.54, 1.807) is 17.0 Å². The van der Waals surface area contributed by atoms with Crippen molar-refractivity contribution in [2.24, 2.45) is 0 Å². The van der Waals surface area contributed by atoms with E-state index in [2.05, 4.69) is 31.0 Å². The number of carbonyl (C=O) groups excluding carboxylic acids is 1. The Hall–Kier alpha value is -2.28. The molecule has 0 aliphatic carbocycles. The van der Waals surface area contributed by atoms with Gasteiger partial charge in [0, 0.05) is 35.4 Å². The van der Waals surface area contributed by atoms with Crippen molar-refractivity contribution in [2.45, 2.75) is 19.4 Å². The molecule has 0 fully saturated rings. The molecule has 1 unspecified atom stereocenters. The Labute approximate surface area is 141 Å². The number of hydrogen-bond donors (Lipinski definition) is 0. The van der Waals surface area contributed by atoms with Crippen molar-refractivity contribution >= 4 is 27.4 Å². The van der Waals surface area contributed by atoms with Crippen LogP contribution in [0.2, 0.25) is 0 Å². The third kappa shape index (κ3) is 2.41. The number of fused-ring (bicyclic) bond motifs is 2. The average Bonchev–Trinajstić information content (AvgIpc) is 2.98. The lowest BCUT2D eigenvalue weighted by atomic mass is 9.99. The van der Waals surface area contributed by atoms with E-state index in [1.807, 2.05) is 36.2 Å². The highest BCUT2D eigenvalue weighted by Gasteiger charge is 2.30. The van der Waals surface area contributed by atoms with Crippen LogP contribution >= 0.6 is 15.9 Å². The highest BCUT2D eigenvalue weighted by molar-refractivity contribution is 9.10. The van der Waals surface area contributed by atoms with Gasteiger partial charge in [0.1, 0.15) is 6.33 Å². The average molecular weight is 372 g/mol. The first-order valence-corrected chi connectivity index (χ1v) is 8.17. The fraction of sp³-hybridized carbons (Fsp3) is 0.250. The van der Waals surface area contributed by atoms with Gasteiger partial charge in [-0.05, 0) is 41.1 Å². The van der Waals surface area contributed by atoms with E-state index in [0.717, 1.165) is 27.7 Å². The summed E-state index contributed by atoms with van der Waals surface area (Å²) in [6, 6.07) is 5.63. The third-order valence-corrected chi connectivity index (χ3v) is 4.71. The smallest absolute Gasteiger partial charge is 0.274 e. The minimum absolute atomic E-state index is 0.0519. The molecule has 1 atom stereocenters. The molecule has 1 aliphatic rings. The van der Waals surface area contributed by atoms with Gasteiger partial charge in [-0.15, -0.1) is 0 Å². The van der Waals surface area contributed by atoms with Crippen molar-refractivity contribution in [3.63, 3.8) is 0 Å². The Morgan fingerprint density at radius 3 is 3.13 bits per heavy atom. The summed E-state index contributed by atoms with van der Waals surface area (Å²) in [5.41, 5.74) is 3.38. The van der Waals surface area contributed by atoms with Crippen LogP contribution in [0.25, 0.3) is 5.52 Å². The molecule has 4 heterocycles. The van der Waals surface area contributed by atoms with E-state index < -0.39 is 0 Å². The molecule has 0 radical (unpaired) electrons. The summed E-state index contributed by atoms with van der Waals surface area (Å²) < 4.78 is 2.63. The Kier molecular flexibility index (Phi) is 3.37. The maximum atomic E-state index is 12.9. The first kappa shape index (κ1) is 14.3. The second-order valence-corrected chi connectivity index (χ2v) is 6.51. The fourth-order valence-corrected chi connectivity index (χ4v) is 3.33. The Bertz CT molecular complexity index is 906. The molecule has 23 heavy (non-hydrogen) atoms. The summed E-state index contributed by atoms with van der Waals surface area (Å²) >= 11 is 3.41. The van der Waals surface area contributed by atoms with Crippen molar-refractivity contribution in [3.05, 3.63) is 58.3 Å². The predicted molar refractivity (Wildman–Crippen MR) is 88.1 cm³/mol. The fourth-order valence-electron chi connectivity index (χ4n) is 3.00. The zero-order valence-corrected chi connectivity index (χ0v) is 14.1. The maximum absolute atomic E-state index is 12.9. The molecule has 0 spiro atoms. The van der Waals surface area contributed by atoms with E-state index in [9.17, 15) is 4.79 Å². The van der Waals surface area contributed by atoms with E-state index in [-0.39, 0.29) is 11.9 Å².